The molecule has 0 radical (unpaired) electrons. The molecule has 17 heavy (non-hydrogen) atoms. The fraction of sp³-hybridized carbons (Fsp3) is 0. The molecular formula is C11H10N6. The number of nitrogens with one attached hydrogen (secondary N) is 1. The molecule has 0 atom stereocenters. The van der Waals surface area contributed by atoms with Crippen molar-refractivity contribution in [2.45, 2.75) is 0 Å². The Kier molecular flexibility index (Phi) is 1.94. The number of nitrogens with zero attached hydrogens (tertiary/aromatic N) is 3. The molecule has 3 rings (SSSR count). The lowest BCUT2D eigenvalue weighted by atomic mass is 10.2. The van der Waals surface area contributed by atoms with Crippen molar-refractivity contribution in [3.05, 3.63) is 30.3 Å². The molecule has 0 saturated carbocycles. The van der Waals surface area contributed by atoms with Crippen molar-refractivity contribution in [2.75, 3.05) is 11.5 Å². The van der Waals surface area contributed by atoms with E-state index in [1.54, 1.807) is 0 Å². The van der Waals surface area contributed by atoms with Gasteiger partial charge in [0.05, 0.1) is 0 Å². The van der Waals surface area contributed by atoms with Gasteiger partial charge in [-0.3, -0.25) is 0 Å². The topological polar surface area (TPSA) is 106 Å². The van der Waals surface area contributed by atoms with E-state index in [4.69, 9.17) is 11.5 Å². The molecule has 0 aliphatic rings. The SMILES string of the molecule is Nc1nnc(N)c2[nH]c(-c3ccccc3)nc12. The summed E-state index contributed by atoms with van der Waals surface area (Å²) in [6, 6.07) is 9.71. The van der Waals surface area contributed by atoms with E-state index < -0.39 is 0 Å². The number of hydrogen-bond donors (Lipinski definition) is 3. The van der Waals surface area contributed by atoms with Crippen molar-refractivity contribution in [3.63, 3.8) is 0 Å². The summed E-state index contributed by atoms with van der Waals surface area (Å²) in [5.41, 5.74) is 13.6. The highest BCUT2D eigenvalue weighted by atomic mass is 15.2. The third-order valence-corrected chi connectivity index (χ3v) is 2.52. The number of hydrogen-bond acceptors (Lipinski definition) is 5. The molecule has 0 amide bonds. The van der Waals surface area contributed by atoms with Crippen LogP contribution < -0.4 is 11.5 Å². The first-order valence-corrected chi connectivity index (χ1v) is 5.08. The standard InChI is InChI=1S/C11H10N6/c12-9-7-8(10(13)17-16-9)15-11(14-7)6-4-2-1-3-5-6/h1-5H,(H2,12,16)(H2,13,17)(H,14,15). The van der Waals surface area contributed by atoms with Gasteiger partial charge in [-0.1, -0.05) is 30.3 Å². The Morgan fingerprint density at radius 2 is 1.65 bits per heavy atom. The van der Waals surface area contributed by atoms with Gasteiger partial charge in [-0.05, 0) is 0 Å². The molecule has 0 spiro atoms. The quantitative estimate of drug-likeness (QED) is 0.577. The Balaban J connectivity index is 2.27. The lowest BCUT2D eigenvalue weighted by Crippen LogP contribution is -1.99. The highest BCUT2D eigenvalue weighted by Crippen LogP contribution is 2.24. The van der Waals surface area contributed by atoms with Gasteiger partial charge in [0, 0.05) is 5.56 Å². The maximum atomic E-state index is 5.72. The molecule has 0 fully saturated rings. The van der Waals surface area contributed by atoms with Crippen molar-refractivity contribution in [1.82, 2.24) is 20.2 Å². The minimum absolute atomic E-state index is 0.271. The smallest absolute Gasteiger partial charge is 0.174 e. The Labute approximate surface area is 96.7 Å². The predicted octanol–water partition coefficient (Wildman–Crippen LogP) is 1.18. The second-order valence-electron chi connectivity index (χ2n) is 3.65. The molecule has 6 heteroatoms. The van der Waals surface area contributed by atoms with Gasteiger partial charge in [0.15, 0.2) is 11.6 Å². The molecule has 6 nitrogen and oxygen atoms in total. The molecule has 84 valence electrons. The van der Waals surface area contributed by atoms with Crippen LogP contribution in [-0.4, -0.2) is 20.2 Å². The third kappa shape index (κ3) is 1.46. The summed E-state index contributed by atoms with van der Waals surface area (Å²) in [5, 5.41) is 7.48. The second kappa shape index (κ2) is 3.44. The summed E-state index contributed by atoms with van der Waals surface area (Å²) in [6.45, 7) is 0. The van der Waals surface area contributed by atoms with Crippen LogP contribution in [0.2, 0.25) is 0 Å². The van der Waals surface area contributed by atoms with Crippen molar-refractivity contribution < 1.29 is 0 Å². The van der Waals surface area contributed by atoms with Crippen LogP contribution in [0, 0.1) is 0 Å². The van der Waals surface area contributed by atoms with Crippen molar-refractivity contribution in [2.24, 2.45) is 0 Å². The van der Waals surface area contributed by atoms with Crippen LogP contribution in [-0.2, 0) is 0 Å². The zero-order chi connectivity index (χ0) is 11.8. The lowest BCUT2D eigenvalue weighted by molar-refractivity contribution is 1.07. The summed E-state index contributed by atoms with van der Waals surface area (Å²) >= 11 is 0. The highest BCUT2D eigenvalue weighted by molar-refractivity contribution is 5.93. The Morgan fingerprint density at radius 3 is 2.35 bits per heavy atom. The summed E-state index contributed by atoms with van der Waals surface area (Å²) in [7, 11) is 0. The molecule has 0 bridgehead atoms. The number of imidazole rings is 1. The number of aromatic amines is 1. The van der Waals surface area contributed by atoms with Gasteiger partial charge >= 0.3 is 0 Å². The summed E-state index contributed by atoms with van der Waals surface area (Å²) < 4.78 is 0. The van der Waals surface area contributed by atoms with Crippen LogP contribution in [0.15, 0.2) is 30.3 Å². The summed E-state index contributed by atoms with van der Waals surface area (Å²) in [6.07, 6.45) is 0. The van der Waals surface area contributed by atoms with Crippen LogP contribution in [0.25, 0.3) is 22.4 Å². The number of benzene rings is 1. The Hall–Kier alpha value is -2.63. The molecule has 2 heterocycles. The average Bonchev–Trinajstić information content (AvgIpc) is 2.81. The van der Waals surface area contributed by atoms with Crippen molar-refractivity contribution in [1.29, 1.82) is 0 Å². The first-order chi connectivity index (χ1) is 8.25. The highest BCUT2D eigenvalue weighted by Gasteiger charge is 2.11. The van der Waals surface area contributed by atoms with E-state index in [1.807, 2.05) is 30.3 Å². The fourth-order valence-corrected chi connectivity index (χ4v) is 1.68. The molecule has 0 aliphatic carbocycles. The molecule has 0 aliphatic heterocycles. The summed E-state index contributed by atoms with van der Waals surface area (Å²) in [5.74, 6) is 1.27. The van der Waals surface area contributed by atoms with Gasteiger partial charge in [-0.15, -0.1) is 10.2 Å². The number of nitrogens with two attached hydrogens (primary N) is 2. The average molecular weight is 226 g/mol. The van der Waals surface area contributed by atoms with Crippen LogP contribution >= 0.6 is 0 Å². The van der Waals surface area contributed by atoms with E-state index in [0.29, 0.717) is 22.7 Å². The number of nitrogen functional groups attached to an aromatic ring is 2. The van der Waals surface area contributed by atoms with Crippen LogP contribution in [0.5, 0.6) is 0 Å². The molecule has 0 saturated heterocycles. The zero-order valence-corrected chi connectivity index (χ0v) is 8.88. The molecule has 3 aromatic rings. The van der Waals surface area contributed by atoms with Crippen molar-refractivity contribution >= 4 is 22.7 Å². The second-order valence-corrected chi connectivity index (χ2v) is 3.65. The van der Waals surface area contributed by atoms with E-state index in [2.05, 4.69) is 20.2 Å². The minimum atomic E-state index is 0.271. The number of aromatic nitrogens is 4. The van der Waals surface area contributed by atoms with Crippen LogP contribution in [0.4, 0.5) is 11.6 Å². The maximum Gasteiger partial charge on any atom is 0.174 e. The minimum Gasteiger partial charge on any atom is -0.380 e. The van der Waals surface area contributed by atoms with Gasteiger partial charge in [0.1, 0.15) is 16.9 Å². The van der Waals surface area contributed by atoms with E-state index in [1.165, 1.54) is 0 Å². The molecular weight excluding hydrogens is 216 g/mol. The fourth-order valence-electron chi connectivity index (χ4n) is 1.68. The van der Waals surface area contributed by atoms with E-state index in [0.717, 1.165) is 5.56 Å². The van der Waals surface area contributed by atoms with Crippen molar-refractivity contribution in [3.8, 4) is 11.4 Å². The third-order valence-electron chi connectivity index (χ3n) is 2.52. The largest absolute Gasteiger partial charge is 0.380 e. The molecule has 1 aromatic carbocycles. The van der Waals surface area contributed by atoms with Crippen LogP contribution in [0.1, 0.15) is 0 Å². The maximum absolute atomic E-state index is 5.72. The molecule has 0 unspecified atom stereocenters. The van der Waals surface area contributed by atoms with E-state index >= 15 is 0 Å². The first kappa shape index (κ1) is 9.59. The van der Waals surface area contributed by atoms with Gasteiger partial charge < -0.3 is 16.5 Å². The first-order valence-electron chi connectivity index (χ1n) is 5.08. The van der Waals surface area contributed by atoms with Gasteiger partial charge in [0.2, 0.25) is 0 Å². The molecule has 5 N–H and O–H groups in total. The predicted molar refractivity (Wildman–Crippen MR) is 65.9 cm³/mol. The normalized spacial score (nSPS) is 10.8. The zero-order valence-electron chi connectivity index (χ0n) is 8.88. The van der Waals surface area contributed by atoms with Gasteiger partial charge in [-0.25, -0.2) is 4.98 Å². The monoisotopic (exact) mass is 226 g/mol. The summed E-state index contributed by atoms with van der Waals surface area (Å²) in [4.78, 5) is 7.48. The van der Waals surface area contributed by atoms with Gasteiger partial charge in [-0.2, -0.15) is 0 Å². The van der Waals surface area contributed by atoms with Gasteiger partial charge in [0.25, 0.3) is 0 Å². The Bertz CT molecular complexity index is 634. The number of rotatable bonds is 1. The van der Waals surface area contributed by atoms with E-state index in [-0.39, 0.29) is 5.82 Å². The Morgan fingerprint density at radius 1 is 0.941 bits per heavy atom. The molecule has 2 aromatic heterocycles. The van der Waals surface area contributed by atoms with E-state index in [9.17, 15) is 0 Å². The van der Waals surface area contributed by atoms with Crippen LogP contribution in [0.3, 0.4) is 0 Å². The number of H-pyrrole nitrogens is 1. The lowest BCUT2D eigenvalue weighted by Gasteiger charge is -1.94. The number of fused-ring (bicyclic) bond motifs is 1. The number of anilines is 2.